The van der Waals surface area contributed by atoms with Crippen LogP contribution in [0.25, 0.3) is 0 Å². The lowest BCUT2D eigenvalue weighted by atomic mass is 10.1. The minimum Gasteiger partial charge on any atom is -0.494 e. The quantitative estimate of drug-likeness (QED) is 0.905. The van der Waals surface area contributed by atoms with Crippen LogP contribution in [0.4, 0.5) is 13.2 Å². The Morgan fingerprint density at radius 2 is 2.14 bits per heavy atom. The minimum absolute atomic E-state index is 0.214. The first-order chi connectivity index (χ1) is 10.4. The van der Waals surface area contributed by atoms with Crippen LogP contribution >= 0.6 is 0 Å². The van der Waals surface area contributed by atoms with Crippen LogP contribution in [-0.4, -0.2) is 43.5 Å². The second-order valence-electron chi connectivity index (χ2n) is 5.34. The van der Waals surface area contributed by atoms with E-state index in [-0.39, 0.29) is 5.75 Å². The first-order valence-electron chi connectivity index (χ1n) is 7.34. The summed E-state index contributed by atoms with van der Waals surface area (Å²) in [5.74, 6) is 0.386. The van der Waals surface area contributed by atoms with Crippen LogP contribution < -0.4 is 14.8 Å². The molecule has 1 saturated heterocycles. The number of benzene rings is 1. The number of rotatable bonds is 5. The molecule has 0 unspecified atom stereocenters. The van der Waals surface area contributed by atoms with Crippen molar-refractivity contribution < 1.29 is 22.6 Å². The smallest absolute Gasteiger partial charge is 0.494 e. The van der Waals surface area contributed by atoms with Crippen molar-refractivity contribution in [1.82, 2.24) is 10.2 Å². The molecule has 1 aromatic carbocycles. The molecule has 1 aliphatic heterocycles. The van der Waals surface area contributed by atoms with Gasteiger partial charge in [0.1, 0.15) is 11.5 Å². The summed E-state index contributed by atoms with van der Waals surface area (Å²) in [5, 5.41) is 3.33. The van der Waals surface area contributed by atoms with Crippen molar-refractivity contribution >= 4 is 0 Å². The van der Waals surface area contributed by atoms with E-state index >= 15 is 0 Å². The molecule has 1 N–H and O–H groups in total. The van der Waals surface area contributed by atoms with Gasteiger partial charge in [-0.3, -0.25) is 4.90 Å². The SMILES string of the molecule is CCOc1ccc(OC(F)(F)F)cc1CN1CCN[C@@H](C)C1. The highest BCUT2D eigenvalue weighted by Gasteiger charge is 2.31. The van der Waals surface area contributed by atoms with Crippen LogP contribution in [0.5, 0.6) is 11.5 Å². The lowest BCUT2D eigenvalue weighted by Gasteiger charge is -2.32. The predicted molar refractivity (Wildman–Crippen MR) is 77.0 cm³/mol. The average Bonchev–Trinajstić information content (AvgIpc) is 2.40. The van der Waals surface area contributed by atoms with E-state index in [2.05, 4.69) is 21.9 Å². The summed E-state index contributed by atoms with van der Waals surface area (Å²) in [4.78, 5) is 2.19. The topological polar surface area (TPSA) is 33.7 Å². The summed E-state index contributed by atoms with van der Waals surface area (Å²) in [6, 6.07) is 4.58. The fraction of sp³-hybridized carbons (Fsp3) is 0.600. The van der Waals surface area contributed by atoms with Gasteiger partial charge in [0, 0.05) is 37.8 Å². The van der Waals surface area contributed by atoms with Gasteiger partial charge >= 0.3 is 6.36 Å². The molecular formula is C15H21F3N2O2. The molecule has 0 spiro atoms. The number of nitrogens with one attached hydrogen (secondary N) is 1. The second-order valence-corrected chi connectivity index (χ2v) is 5.34. The summed E-state index contributed by atoms with van der Waals surface area (Å²) in [6.07, 6.45) is -4.69. The normalized spacial score (nSPS) is 20.0. The van der Waals surface area contributed by atoms with Crippen LogP contribution in [0.15, 0.2) is 18.2 Å². The zero-order valence-electron chi connectivity index (χ0n) is 12.7. The summed E-state index contributed by atoms with van der Waals surface area (Å²) in [7, 11) is 0. The molecule has 1 heterocycles. The summed E-state index contributed by atoms with van der Waals surface area (Å²) < 4.78 is 46.6. The van der Waals surface area contributed by atoms with E-state index in [0.717, 1.165) is 19.6 Å². The Balaban J connectivity index is 2.15. The maximum Gasteiger partial charge on any atom is 0.573 e. The number of hydrogen-bond acceptors (Lipinski definition) is 4. The summed E-state index contributed by atoms with van der Waals surface area (Å²) in [6.45, 7) is 7.48. The third-order valence-corrected chi connectivity index (χ3v) is 3.41. The number of piperazine rings is 1. The van der Waals surface area contributed by atoms with E-state index in [4.69, 9.17) is 4.74 Å². The van der Waals surface area contributed by atoms with Crippen molar-refractivity contribution in [3.63, 3.8) is 0 Å². The molecule has 1 aromatic rings. The van der Waals surface area contributed by atoms with E-state index in [0.29, 0.717) is 30.5 Å². The van der Waals surface area contributed by atoms with Crippen molar-refractivity contribution in [1.29, 1.82) is 0 Å². The average molecular weight is 318 g/mol. The Morgan fingerprint density at radius 3 is 2.77 bits per heavy atom. The first kappa shape index (κ1) is 16.9. The molecule has 1 aliphatic rings. The van der Waals surface area contributed by atoms with Crippen LogP contribution in [0.2, 0.25) is 0 Å². The fourth-order valence-corrected chi connectivity index (χ4v) is 2.57. The van der Waals surface area contributed by atoms with Crippen molar-refractivity contribution in [2.24, 2.45) is 0 Å². The van der Waals surface area contributed by atoms with Crippen LogP contribution in [0.3, 0.4) is 0 Å². The van der Waals surface area contributed by atoms with Gasteiger partial charge in [-0.05, 0) is 32.0 Å². The van der Waals surface area contributed by atoms with Gasteiger partial charge in [-0.2, -0.15) is 0 Å². The molecule has 0 aliphatic carbocycles. The largest absolute Gasteiger partial charge is 0.573 e. The van der Waals surface area contributed by atoms with E-state index < -0.39 is 6.36 Å². The lowest BCUT2D eigenvalue weighted by Crippen LogP contribution is -2.48. The van der Waals surface area contributed by atoms with Crippen LogP contribution in [-0.2, 0) is 6.54 Å². The van der Waals surface area contributed by atoms with Gasteiger partial charge in [0.25, 0.3) is 0 Å². The minimum atomic E-state index is -4.69. The Bertz CT molecular complexity index is 494. The number of alkyl halides is 3. The molecule has 0 radical (unpaired) electrons. The summed E-state index contributed by atoms with van der Waals surface area (Å²) in [5.41, 5.74) is 0.706. The van der Waals surface area contributed by atoms with Gasteiger partial charge in [-0.25, -0.2) is 0 Å². The van der Waals surface area contributed by atoms with Gasteiger partial charge in [0.15, 0.2) is 0 Å². The van der Waals surface area contributed by atoms with Crippen LogP contribution in [0.1, 0.15) is 19.4 Å². The van der Waals surface area contributed by atoms with Gasteiger partial charge in [-0.15, -0.1) is 13.2 Å². The third-order valence-electron chi connectivity index (χ3n) is 3.41. The van der Waals surface area contributed by atoms with E-state index in [1.807, 2.05) is 6.92 Å². The fourth-order valence-electron chi connectivity index (χ4n) is 2.57. The number of hydrogen-bond donors (Lipinski definition) is 1. The highest BCUT2D eigenvalue weighted by Crippen LogP contribution is 2.29. The molecule has 0 saturated carbocycles. The number of ether oxygens (including phenoxy) is 2. The number of nitrogens with zero attached hydrogens (tertiary/aromatic N) is 1. The van der Waals surface area contributed by atoms with E-state index in [1.165, 1.54) is 18.2 Å². The Morgan fingerprint density at radius 1 is 1.36 bits per heavy atom. The zero-order chi connectivity index (χ0) is 16.2. The molecule has 124 valence electrons. The molecule has 7 heteroatoms. The monoisotopic (exact) mass is 318 g/mol. The Hall–Kier alpha value is -1.47. The van der Waals surface area contributed by atoms with E-state index in [1.54, 1.807) is 0 Å². The molecular weight excluding hydrogens is 297 g/mol. The molecule has 0 bridgehead atoms. The maximum atomic E-state index is 12.4. The molecule has 1 atom stereocenters. The molecule has 1 fully saturated rings. The standard InChI is InChI=1S/C15H21F3N2O2/c1-3-21-14-5-4-13(22-15(16,17)18)8-12(14)10-20-7-6-19-11(2)9-20/h4-5,8,11,19H,3,6-7,9-10H2,1-2H3/t11-/m0/s1. The van der Waals surface area contributed by atoms with Gasteiger partial charge in [0.2, 0.25) is 0 Å². The summed E-state index contributed by atoms with van der Waals surface area (Å²) >= 11 is 0. The molecule has 0 amide bonds. The van der Waals surface area contributed by atoms with Crippen molar-refractivity contribution in [2.75, 3.05) is 26.2 Å². The third kappa shape index (κ3) is 5.06. The Kier molecular flexibility index (Phi) is 5.52. The molecule has 2 rings (SSSR count). The highest BCUT2D eigenvalue weighted by molar-refractivity contribution is 5.40. The molecule has 4 nitrogen and oxygen atoms in total. The van der Waals surface area contributed by atoms with Gasteiger partial charge < -0.3 is 14.8 Å². The zero-order valence-corrected chi connectivity index (χ0v) is 12.7. The second kappa shape index (κ2) is 7.19. The number of halogens is 3. The lowest BCUT2D eigenvalue weighted by molar-refractivity contribution is -0.274. The van der Waals surface area contributed by atoms with Gasteiger partial charge in [-0.1, -0.05) is 0 Å². The van der Waals surface area contributed by atoms with E-state index in [9.17, 15) is 13.2 Å². The first-order valence-corrected chi connectivity index (χ1v) is 7.34. The van der Waals surface area contributed by atoms with Crippen molar-refractivity contribution in [3.8, 4) is 11.5 Å². The van der Waals surface area contributed by atoms with Crippen molar-refractivity contribution in [2.45, 2.75) is 32.8 Å². The Labute approximate surface area is 128 Å². The highest BCUT2D eigenvalue weighted by atomic mass is 19.4. The van der Waals surface area contributed by atoms with Gasteiger partial charge in [0.05, 0.1) is 6.61 Å². The van der Waals surface area contributed by atoms with Crippen molar-refractivity contribution in [3.05, 3.63) is 23.8 Å². The maximum absolute atomic E-state index is 12.4. The molecule has 0 aromatic heterocycles. The predicted octanol–water partition coefficient (Wildman–Crippen LogP) is 2.78. The molecule has 22 heavy (non-hydrogen) atoms. The van der Waals surface area contributed by atoms with Crippen LogP contribution in [0, 0.1) is 0 Å².